The van der Waals surface area contributed by atoms with Crippen LogP contribution in [0.4, 0.5) is 0 Å². The quantitative estimate of drug-likeness (QED) is 0.275. The highest BCUT2D eigenvalue weighted by atomic mass is 16.5. The molecule has 0 radical (unpaired) electrons. The third-order valence-electron chi connectivity index (χ3n) is 6.34. The number of fused-ring (bicyclic) bond motifs is 1. The number of aromatic nitrogens is 2. The van der Waals surface area contributed by atoms with Crippen LogP contribution in [0.2, 0.25) is 0 Å². The molecule has 5 rings (SSSR count). The summed E-state index contributed by atoms with van der Waals surface area (Å²) >= 11 is 0. The minimum absolute atomic E-state index is 0.0436. The monoisotopic (exact) mass is 488 g/mol. The Kier molecular flexibility index (Phi) is 6.20. The molecule has 2 aromatic carbocycles. The highest BCUT2D eigenvalue weighted by Crippen LogP contribution is 2.45. The van der Waals surface area contributed by atoms with Crippen molar-refractivity contribution in [2.24, 2.45) is 0 Å². The number of H-pyrrole nitrogens is 1. The van der Waals surface area contributed by atoms with Crippen LogP contribution in [0, 0.1) is 0 Å². The number of furan rings is 1. The van der Waals surface area contributed by atoms with Gasteiger partial charge >= 0.3 is 0 Å². The van der Waals surface area contributed by atoms with Gasteiger partial charge in [0.25, 0.3) is 5.91 Å². The number of hydrogen-bond donors (Lipinski definition) is 2. The molecule has 1 aliphatic heterocycles. The normalized spacial score (nSPS) is 15.7. The number of benzene rings is 2. The Labute approximate surface area is 207 Å². The van der Waals surface area contributed by atoms with Crippen LogP contribution in [0.3, 0.4) is 0 Å². The number of Topliss-reactive ketones (excluding diaryl/α,β-unsaturated/α-hetero) is 1. The van der Waals surface area contributed by atoms with Crippen molar-refractivity contribution in [1.29, 1.82) is 0 Å². The molecule has 9 heteroatoms. The maximum Gasteiger partial charge on any atom is 0.290 e. The lowest BCUT2D eigenvalue weighted by atomic mass is 9.94. The smallest absolute Gasteiger partial charge is 0.290 e. The van der Waals surface area contributed by atoms with Crippen LogP contribution >= 0.6 is 0 Å². The van der Waals surface area contributed by atoms with E-state index in [1.807, 2.05) is 41.5 Å². The first-order valence-corrected chi connectivity index (χ1v) is 11.5. The Morgan fingerprint density at radius 1 is 1.17 bits per heavy atom. The molecule has 184 valence electrons. The van der Waals surface area contributed by atoms with E-state index in [1.54, 1.807) is 30.3 Å². The molecule has 0 saturated heterocycles. The van der Waals surface area contributed by atoms with E-state index in [0.717, 1.165) is 5.39 Å². The predicted molar refractivity (Wildman–Crippen MR) is 130 cm³/mol. The van der Waals surface area contributed by atoms with Crippen LogP contribution in [0.15, 0.2) is 83.0 Å². The molecule has 0 spiro atoms. The number of ether oxygens (including phenoxy) is 2. The minimum Gasteiger partial charge on any atom is -0.503 e. The maximum atomic E-state index is 13.7. The van der Waals surface area contributed by atoms with Gasteiger partial charge in [-0.25, -0.2) is 4.57 Å². The third-order valence-corrected chi connectivity index (χ3v) is 6.34. The lowest BCUT2D eigenvalue weighted by Crippen LogP contribution is -2.36. The van der Waals surface area contributed by atoms with E-state index >= 15 is 0 Å². The summed E-state index contributed by atoms with van der Waals surface area (Å²) in [5.74, 6) is -0.899. The first-order chi connectivity index (χ1) is 17.5. The van der Waals surface area contributed by atoms with E-state index in [2.05, 4.69) is 4.98 Å². The van der Waals surface area contributed by atoms with Gasteiger partial charge in [-0.2, -0.15) is 0 Å². The number of imidazole rings is 1. The van der Waals surface area contributed by atoms with Crippen molar-refractivity contribution in [1.82, 2.24) is 9.88 Å². The van der Waals surface area contributed by atoms with Crippen molar-refractivity contribution in [3.63, 3.8) is 0 Å². The molecule has 2 N–H and O–H groups in total. The number of aromatic amines is 1. The van der Waals surface area contributed by atoms with Gasteiger partial charge in [-0.15, -0.1) is 0 Å². The van der Waals surface area contributed by atoms with E-state index in [0.29, 0.717) is 42.2 Å². The van der Waals surface area contributed by atoms with E-state index < -0.39 is 23.5 Å². The molecule has 0 bridgehead atoms. The number of hydrogen-bond acceptors (Lipinski definition) is 6. The van der Waals surface area contributed by atoms with Crippen molar-refractivity contribution in [2.75, 3.05) is 20.8 Å². The second-order valence-corrected chi connectivity index (χ2v) is 8.43. The summed E-state index contributed by atoms with van der Waals surface area (Å²) in [4.78, 5) is 31.5. The number of para-hydroxylation sites is 2. The van der Waals surface area contributed by atoms with E-state index in [1.165, 1.54) is 19.1 Å². The highest BCUT2D eigenvalue weighted by molar-refractivity contribution is 6.16. The Hall–Kier alpha value is -4.53. The Morgan fingerprint density at radius 2 is 2.00 bits per heavy atom. The summed E-state index contributed by atoms with van der Waals surface area (Å²) in [5.41, 5.74) is 1.02. The van der Waals surface area contributed by atoms with E-state index in [-0.39, 0.29) is 11.3 Å². The molecule has 1 aliphatic rings. The number of ketones is 1. The Balaban J connectivity index is 1.57. The number of rotatable bonds is 9. The Morgan fingerprint density at radius 3 is 2.72 bits per heavy atom. The van der Waals surface area contributed by atoms with Crippen molar-refractivity contribution in [2.45, 2.75) is 19.0 Å². The largest absolute Gasteiger partial charge is 0.503 e. The number of aryl methyl sites for hydroxylation is 1. The van der Waals surface area contributed by atoms with Gasteiger partial charge in [0, 0.05) is 23.9 Å². The Bertz CT molecular complexity index is 1420. The average molecular weight is 489 g/mol. The van der Waals surface area contributed by atoms with Gasteiger partial charge in [0.1, 0.15) is 18.0 Å². The standard InChI is InChI=1S/C27H25N3O6/c1-34-20-10-5-8-18(26(20)35-2)23-22(24(31)21-15-17-7-3-4-9-19(17)36-21)25(32)27(33)30(23)13-6-12-29-14-11-28-16-29/h3-5,7-11,14-16,23H,6,12-13H2,1-2H3,(H,31,32)/p+1. The number of methoxy groups -OCH3 is 2. The number of aliphatic hydroxyl groups excluding tert-OH is 1. The van der Waals surface area contributed by atoms with Crippen LogP contribution in [-0.4, -0.2) is 47.4 Å². The number of amides is 1. The molecule has 3 heterocycles. The fraction of sp³-hybridized carbons (Fsp3) is 0.222. The molecular weight excluding hydrogens is 462 g/mol. The zero-order valence-corrected chi connectivity index (χ0v) is 19.9. The molecule has 0 saturated carbocycles. The summed E-state index contributed by atoms with van der Waals surface area (Å²) in [6.07, 6.45) is 6.11. The molecule has 0 fully saturated rings. The number of carbonyl (C=O) groups is 2. The molecule has 36 heavy (non-hydrogen) atoms. The second kappa shape index (κ2) is 9.61. The van der Waals surface area contributed by atoms with Crippen molar-refractivity contribution in [3.8, 4) is 11.5 Å². The number of nitrogens with zero attached hydrogens (tertiary/aromatic N) is 2. The highest BCUT2D eigenvalue weighted by Gasteiger charge is 2.45. The lowest BCUT2D eigenvalue weighted by Gasteiger charge is -2.28. The molecule has 1 unspecified atom stereocenters. The average Bonchev–Trinajstić information content (AvgIpc) is 3.63. The minimum atomic E-state index is -0.889. The number of aliphatic hydroxyl groups is 1. The van der Waals surface area contributed by atoms with Gasteiger partial charge in [0.2, 0.25) is 12.1 Å². The van der Waals surface area contributed by atoms with Crippen molar-refractivity contribution < 1.29 is 33.2 Å². The zero-order valence-electron chi connectivity index (χ0n) is 19.9. The first-order valence-electron chi connectivity index (χ1n) is 11.5. The lowest BCUT2D eigenvalue weighted by molar-refractivity contribution is -0.695. The summed E-state index contributed by atoms with van der Waals surface area (Å²) < 4.78 is 18.8. The second-order valence-electron chi connectivity index (χ2n) is 8.43. The van der Waals surface area contributed by atoms with Crippen LogP contribution in [0.25, 0.3) is 11.0 Å². The third kappa shape index (κ3) is 3.98. The zero-order chi connectivity index (χ0) is 25.2. The SMILES string of the molecule is COc1cccc(C2C(C(=O)c3cc4ccccc4o3)=C(O)C(=O)N2CCC[n+]2cc[nH]c2)c1OC. The molecule has 9 nitrogen and oxygen atoms in total. The summed E-state index contributed by atoms with van der Waals surface area (Å²) in [6.45, 7) is 0.936. The van der Waals surface area contributed by atoms with Gasteiger partial charge in [-0.05, 0) is 18.2 Å². The van der Waals surface area contributed by atoms with Crippen molar-refractivity contribution >= 4 is 22.7 Å². The van der Waals surface area contributed by atoms with Crippen molar-refractivity contribution in [3.05, 3.63) is 89.9 Å². The van der Waals surface area contributed by atoms with E-state index in [9.17, 15) is 14.7 Å². The van der Waals surface area contributed by atoms with Crippen LogP contribution in [-0.2, 0) is 11.3 Å². The van der Waals surface area contributed by atoms with Gasteiger partial charge in [-0.3, -0.25) is 14.6 Å². The maximum absolute atomic E-state index is 13.7. The number of carbonyl (C=O) groups excluding carboxylic acids is 2. The summed E-state index contributed by atoms with van der Waals surface area (Å²) in [5, 5.41) is 11.7. The summed E-state index contributed by atoms with van der Waals surface area (Å²) in [6, 6.07) is 13.2. The summed E-state index contributed by atoms with van der Waals surface area (Å²) in [7, 11) is 3.01. The number of nitrogens with one attached hydrogen (secondary N) is 1. The fourth-order valence-electron chi connectivity index (χ4n) is 4.68. The molecular formula is C27H26N3O6+. The van der Waals surface area contributed by atoms with Gasteiger partial charge in [-0.1, -0.05) is 30.3 Å². The van der Waals surface area contributed by atoms with Gasteiger partial charge in [0.05, 0.1) is 32.4 Å². The van der Waals surface area contributed by atoms with Gasteiger partial charge < -0.3 is 23.9 Å². The molecule has 1 atom stereocenters. The topological polar surface area (TPSA) is 109 Å². The fourth-order valence-corrected chi connectivity index (χ4v) is 4.68. The predicted octanol–water partition coefficient (Wildman–Crippen LogP) is 3.73. The molecule has 4 aromatic rings. The van der Waals surface area contributed by atoms with Crippen LogP contribution < -0.4 is 14.0 Å². The van der Waals surface area contributed by atoms with Crippen LogP contribution in [0.5, 0.6) is 11.5 Å². The molecule has 1 amide bonds. The molecule has 0 aliphatic carbocycles. The van der Waals surface area contributed by atoms with Crippen LogP contribution in [0.1, 0.15) is 28.6 Å². The first kappa shape index (κ1) is 23.2. The van der Waals surface area contributed by atoms with Gasteiger partial charge in [0.15, 0.2) is 23.0 Å². The van der Waals surface area contributed by atoms with E-state index in [4.69, 9.17) is 13.9 Å². The molecule has 2 aromatic heterocycles.